The molecule has 1 aromatic carbocycles. The highest BCUT2D eigenvalue weighted by Crippen LogP contribution is 2.30. The molecular weight excluding hydrogens is 418 g/mol. The molecule has 0 aliphatic heterocycles. The molecule has 0 saturated carbocycles. The van der Waals surface area contributed by atoms with Gasteiger partial charge in [-0.05, 0) is 69.2 Å². The molecular formula is C24H23N7O2. The maximum Gasteiger partial charge on any atom is 0.153 e. The number of nitrogens with one attached hydrogen (secondary N) is 1. The van der Waals surface area contributed by atoms with Gasteiger partial charge in [-0.15, -0.1) is 5.10 Å². The Balaban J connectivity index is 1.54. The van der Waals surface area contributed by atoms with Gasteiger partial charge in [-0.25, -0.2) is 9.97 Å². The lowest BCUT2D eigenvalue weighted by molar-refractivity contribution is 0.299. The van der Waals surface area contributed by atoms with Crippen LogP contribution in [-0.2, 0) is 6.42 Å². The van der Waals surface area contributed by atoms with Crippen LogP contribution in [0.4, 0.5) is 11.5 Å². The van der Waals surface area contributed by atoms with Crippen molar-refractivity contribution in [2.45, 2.75) is 27.2 Å². The van der Waals surface area contributed by atoms with Crippen molar-refractivity contribution >= 4 is 22.5 Å². The predicted octanol–water partition coefficient (Wildman–Crippen LogP) is 4.07. The van der Waals surface area contributed by atoms with E-state index in [1.165, 1.54) is 0 Å². The average molecular weight is 441 g/mol. The molecule has 2 N–H and O–H groups in total. The molecule has 4 heterocycles. The van der Waals surface area contributed by atoms with Crippen LogP contribution >= 0.6 is 0 Å². The zero-order chi connectivity index (χ0) is 22.9. The average Bonchev–Trinajstić information content (AvgIpc) is 3.38. The molecule has 0 radical (unpaired) electrons. The minimum Gasteiger partial charge on any atom is -0.396 e. The van der Waals surface area contributed by atoms with Crippen LogP contribution in [0.5, 0.6) is 0 Å². The van der Waals surface area contributed by atoms with Crippen molar-refractivity contribution in [2.24, 2.45) is 0 Å². The van der Waals surface area contributed by atoms with E-state index in [0.717, 1.165) is 50.7 Å². The lowest BCUT2D eigenvalue weighted by Gasteiger charge is -2.11. The molecule has 0 amide bonds. The summed E-state index contributed by atoms with van der Waals surface area (Å²) in [5.41, 5.74) is 6.79. The minimum absolute atomic E-state index is 0.0343. The maximum absolute atomic E-state index is 9.52. The first-order chi connectivity index (χ1) is 16.0. The summed E-state index contributed by atoms with van der Waals surface area (Å²) in [7, 11) is 0. The molecule has 4 aromatic heterocycles. The molecule has 0 fully saturated rings. The van der Waals surface area contributed by atoms with E-state index in [1.54, 1.807) is 6.33 Å². The second-order valence-electron chi connectivity index (χ2n) is 7.85. The summed E-state index contributed by atoms with van der Waals surface area (Å²) in [5, 5.41) is 25.1. The van der Waals surface area contributed by atoms with Gasteiger partial charge in [0.2, 0.25) is 0 Å². The molecule has 166 valence electrons. The second-order valence-corrected chi connectivity index (χ2v) is 7.85. The molecule has 0 aliphatic rings. The zero-order valence-corrected chi connectivity index (χ0v) is 18.6. The van der Waals surface area contributed by atoms with Gasteiger partial charge in [0.25, 0.3) is 0 Å². The van der Waals surface area contributed by atoms with Crippen molar-refractivity contribution in [1.82, 2.24) is 29.9 Å². The molecule has 0 unspecified atom stereocenters. The van der Waals surface area contributed by atoms with E-state index in [4.69, 9.17) is 9.51 Å². The summed E-state index contributed by atoms with van der Waals surface area (Å²) in [6.45, 7) is 5.69. The van der Waals surface area contributed by atoms with Crippen LogP contribution in [0.1, 0.15) is 22.7 Å². The van der Waals surface area contributed by atoms with Crippen LogP contribution in [0.3, 0.4) is 0 Å². The van der Waals surface area contributed by atoms with Crippen LogP contribution in [0, 0.1) is 20.8 Å². The summed E-state index contributed by atoms with van der Waals surface area (Å²) < 4.78 is 7.30. The SMILES string of the molecule is Cc1ccc(Nc2ccc3c(c2)ncn3-c2ccc(CCO)c(-c3c(C)noc3C)n2)nn1. The van der Waals surface area contributed by atoms with Crippen LogP contribution < -0.4 is 5.32 Å². The minimum atomic E-state index is 0.0343. The van der Waals surface area contributed by atoms with Crippen LogP contribution in [0.25, 0.3) is 28.1 Å². The third-order valence-electron chi connectivity index (χ3n) is 5.48. The molecule has 9 heteroatoms. The van der Waals surface area contributed by atoms with Gasteiger partial charge in [-0.3, -0.25) is 4.57 Å². The first-order valence-electron chi connectivity index (χ1n) is 10.6. The highest BCUT2D eigenvalue weighted by atomic mass is 16.5. The first kappa shape index (κ1) is 20.8. The molecule has 0 atom stereocenters. The lowest BCUT2D eigenvalue weighted by atomic mass is 10.0. The van der Waals surface area contributed by atoms with Crippen molar-refractivity contribution in [3.05, 3.63) is 71.5 Å². The monoisotopic (exact) mass is 441 g/mol. The quantitative estimate of drug-likeness (QED) is 0.405. The number of aliphatic hydroxyl groups excluding tert-OH is 1. The summed E-state index contributed by atoms with van der Waals surface area (Å²) in [6.07, 6.45) is 2.25. The Labute approximate surface area is 190 Å². The highest BCUT2D eigenvalue weighted by molar-refractivity contribution is 5.82. The Morgan fingerprint density at radius 2 is 1.91 bits per heavy atom. The van der Waals surface area contributed by atoms with Crippen LogP contribution in [0.15, 0.2) is 53.3 Å². The van der Waals surface area contributed by atoms with E-state index in [1.807, 2.05) is 67.8 Å². The first-order valence-corrected chi connectivity index (χ1v) is 10.6. The summed E-state index contributed by atoms with van der Waals surface area (Å²) in [5.74, 6) is 2.09. The van der Waals surface area contributed by atoms with Gasteiger partial charge >= 0.3 is 0 Å². The number of benzene rings is 1. The number of hydrogen-bond acceptors (Lipinski definition) is 8. The number of pyridine rings is 1. The lowest BCUT2D eigenvalue weighted by Crippen LogP contribution is -2.03. The van der Waals surface area contributed by atoms with Gasteiger partial charge in [0, 0.05) is 12.3 Å². The number of hydrogen-bond donors (Lipinski definition) is 2. The molecule has 33 heavy (non-hydrogen) atoms. The van der Waals surface area contributed by atoms with Crippen molar-refractivity contribution in [2.75, 3.05) is 11.9 Å². The molecule has 0 saturated heterocycles. The maximum atomic E-state index is 9.52. The second kappa shape index (κ2) is 8.44. The van der Waals surface area contributed by atoms with E-state index < -0.39 is 0 Å². The fourth-order valence-electron chi connectivity index (χ4n) is 3.86. The van der Waals surface area contributed by atoms with Crippen molar-refractivity contribution < 1.29 is 9.63 Å². The van der Waals surface area contributed by atoms with Crippen LogP contribution in [0.2, 0.25) is 0 Å². The van der Waals surface area contributed by atoms with Crippen molar-refractivity contribution in [3.63, 3.8) is 0 Å². The number of aliphatic hydroxyl groups is 1. The highest BCUT2D eigenvalue weighted by Gasteiger charge is 2.18. The number of aromatic nitrogens is 6. The third kappa shape index (κ3) is 3.94. The Bertz CT molecular complexity index is 1420. The summed E-state index contributed by atoms with van der Waals surface area (Å²) in [6, 6.07) is 13.6. The Hall–Kier alpha value is -4.11. The topological polar surface area (TPSA) is 115 Å². The molecule has 0 spiro atoms. The number of rotatable bonds is 6. The number of imidazole rings is 1. The predicted molar refractivity (Wildman–Crippen MR) is 125 cm³/mol. The third-order valence-corrected chi connectivity index (χ3v) is 5.48. The van der Waals surface area contributed by atoms with E-state index in [2.05, 4.69) is 25.7 Å². The zero-order valence-electron chi connectivity index (χ0n) is 18.6. The van der Waals surface area contributed by atoms with Crippen molar-refractivity contribution in [3.8, 4) is 17.1 Å². The smallest absolute Gasteiger partial charge is 0.153 e. The van der Waals surface area contributed by atoms with Gasteiger partial charge in [0.1, 0.15) is 17.9 Å². The van der Waals surface area contributed by atoms with Gasteiger partial charge in [0.15, 0.2) is 5.82 Å². The number of nitrogens with zero attached hydrogens (tertiary/aromatic N) is 6. The molecule has 0 bridgehead atoms. The number of aryl methyl sites for hydroxylation is 3. The van der Waals surface area contributed by atoms with E-state index in [-0.39, 0.29) is 6.61 Å². The van der Waals surface area contributed by atoms with Gasteiger partial charge in [0.05, 0.1) is 33.7 Å². The molecule has 5 aromatic rings. The van der Waals surface area contributed by atoms with E-state index in [9.17, 15) is 5.11 Å². The summed E-state index contributed by atoms with van der Waals surface area (Å²) in [4.78, 5) is 9.50. The fourth-order valence-corrected chi connectivity index (χ4v) is 3.86. The van der Waals surface area contributed by atoms with Gasteiger partial charge in [-0.2, -0.15) is 5.10 Å². The summed E-state index contributed by atoms with van der Waals surface area (Å²) >= 11 is 0. The van der Waals surface area contributed by atoms with Gasteiger partial charge in [-0.1, -0.05) is 11.2 Å². The largest absolute Gasteiger partial charge is 0.396 e. The van der Waals surface area contributed by atoms with E-state index >= 15 is 0 Å². The Kier molecular flexibility index (Phi) is 5.31. The van der Waals surface area contributed by atoms with Crippen molar-refractivity contribution in [1.29, 1.82) is 0 Å². The van der Waals surface area contributed by atoms with Crippen LogP contribution in [-0.4, -0.2) is 41.6 Å². The van der Waals surface area contributed by atoms with E-state index in [0.29, 0.717) is 18.0 Å². The molecule has 0 aliphatic carbocycles. The molecule has 9 nitrogen and oxygen atoms in total. The Morgan fingerprint density at radius 1 is 1.03 bits per heavy atom. The standard InChI is InChI=1S/C24H23N7O2/c1-14-4-8-21(29-28-14)26-18-6-7-20-19(12-18)25-13-31(20)22-9-5-17(10-11-32)24(27-22)23-15(2)30-33-16(23)3/h4-9,12-13,32H,10-11H2,1-3H3,(H,26,29). The Morgan fingerprint density at radius 3 is 2.64 bits per heavy atom. The fraction of sp³-hybridized carbons (Fsp3) is 0.208. The number of fused-ring (bicyclic) bond motifs is 1. The number of anilines is 2. The normalized spacial score (nSPS) is 11.3. The van der Waals surface area contributed by atoms with Gasteiger partial charge < -0.3 is 14.9 Å². The molecule has 5 rings (SSSR count).